The Morgan fingerprint density at radius 2 is 1.75 bits per heavy atom. The zero-order chi connectivity index (χ0) is 11.4. The smallest absolute Gasteiger partial charge is 0.0704 e. The second kappa shape index (κ2) is 4.93. The maximum atomic E-state index is 4.42. The molecular weight excluding hydrogens is 194 g/mol. The van der Waals surface area contributed by atoms with Crippen LogP contribution in [0.5, 0.6) is 0 Å². The van der Waals surface area contributed by atoms with Gasteiger partial charge in [0.25, 0.3) is 0 Å². The fourth-order valence-electron chi connectivity index (χ4n) is 1.91. The quantitative estimate of drug-likeness (QED) is 0.749. The van der Waals surface area contributed by atoms with Crippen LogP contribution in [0.4, 0.5) is 0 Å². The largest absolute Gasteiger partial charge is 0.256 e. The Bertz CT molecular complexity index is 446. The first-order valence-electron chi connectivity index (χ1n) is 5.76. The van der Waals surface area contributed by atoms with Crippen LogP contribution >= 0.6 is 0 Å². The summed E-state index contributed by atoms with van der Waals surface area (Å²) in [4.78, 5) is 4.42. The van der Waals surface area contributed by atoms with Crippen LogP contribution < -0.4 is 0 Å². The molecule has 82 valence electrons. The molecule has 0 aliphatic carbocycles. The van der Waals surface area contributed by atoms with Gasteiger partial charge >= 0.3 is 0 Å². The van der Waals surface area contributed by atoms with Crippen LogP contribution in [0.15, 0.2) is 48.7 Å². The number of hydrogen-bond donors (Lipinski definition) is 0. The molecule has 1 nitrogen and oxygen atoms in total. The third kappa shape index (κ3) is 2.48. The summed E-state index contributed by atoms with van der Waals surface area (Å²) in [5, 5.41) is 0. The molecule has 0 unspecified atom stereocenters. The number of rotatable bonds is 3. The zero-order valence-electron chi connectivity index (χ0n) is 9.85. The topological polar surface area (TPSA) is 12.9 Å². The van der Waals surface area contributed by atoms with E-state index in [4.69, 9.17) is 0 Å². The van der Waals surface area contributed by atoms with Crippen LogP contribution in [0.25, 0.3) is 11.3 Å². The highest BCUT2D eigenvalue weighted by molar-refractivity contribution is 5.63. The van der Waals surface area contributed by atoms with Gasteiger partial charge in [0.1, 0.15) is 0 Å². The Kier molecular flexibility index (Phi) is 3.35. The van der Waals surface area contributed by atoms with Crippen LogP contribution in [0.3, 0.4) is 0 Å². The van der Waals surface area contributed by atoms with Gasteiger partial charge in [-0.05, 0) is 30.0 Å². The molecule has 0 radical (unpaired) electrons. The highest BCUT2D eigenvalue weighted by Crippen LogP contribution is 2.23. The minimum absolute atomic E-state index is 0.671. The molecule has 0 saturated carbocycles. The molecule has 1 heteroatoms. The molecule has 16 heavy (non-hydrogen) atoms. The molecular formula is C15H17N. The average Bonchev–Trinajstić information content (AvgIpc) is 2.30. The summed E-state index contributed by atoms with van der Waals surface area (Å²) in [7, 11) is 0. The normalized spacial score (nSPS) is 10.7. The lowest BCUT2D eigenvalue weighted by atomic mass is 9.96. The van der Waals surface area contributed by atoms with E-state index in [0.29, 0.717) is 5.92 Å². The van der Waals surface area contributed by atoms with Gasteiger partial charge in [-0.3, -0.25) is 4.98 Å². The van der Waals surface area contributed by atoms with Crippen LogP contribution in [-0.2, 0) is 6.42 Å². The lowest BCUT2D eigenvalue weighted by Gasteiger charge is -2.10. The number of aromatic nitrogens is 1. The monoisotopic (exact) mass is 211 g/mol. The van der Waals surface area contributed by atoms with Crippen LogP contribution in [0, 0.1) is 5.92 Å². The van der Waals surface area contributed by atoms with Crippen LogP contribution in [0.1, 0.15) is 19.4 Å². The van der Waals surface area contributed by atoms with Crippen molar-refractivity contribution in [3.63, 3.8) is 0 Å². The molecule has 0 amide bonds. The standard InChI is InChI=1S/C15H17N/c1-12(2)11-13-7-3-4-8-14(13)15-9-5-6-10-16-15/h3-10,12H,11H2,1-2H3. The van der Waals surface area contributed by atoms with Gasteiger partial charge in [0.05, 0.1) is 5.69 Å². The van der Waals surface area contributed by atoms with Crippen molar-refractivity contribution in [1.82, 2.24) is 4.98 Å². The van der Waals surface area contributed by atoms with Gasteiger partial charge in [-0.1, -0.05) is 44.2 Å². The molecule has 0 N–H and O–H groups in total. The lowest BCUT2D eigenvalue weighted by molar-refractivity contribution is 0.648. The Morgan fingerprint density at radius 1 is 1.00 bits per heavy atom. The Labute approximate surface area is 97.2 Å². The van der Waals surface area contributed by atoms with Crippen molar-refractivity contribution in [2.75, 3.05) is 0 Å². The van der Waals surface area contributed by atoms with Crippen molar-refractivity contribution < 1.29 is 0 Å². The number of benzene rings is 1. The van der Waals surface area contributed by atoms with E-state index in [9.17, 15) is 0 Å². The van der Waals surface area contributed by atoms with E-state index in [1.807, 2.05) is 18.3 Å². The van der Waals surface area contributed by atoms with Crippen LogP contribution in [0.2, 0.25) is 0 Å². The highest BCUT2D eigenvalue weighted by Gasteiger charge is 2.06. The first-order valence-corrected chi connectivity index (χ1v) is 5.76. The Balaban J connectivity index is 2.41. The van der Waals surface area contributed by atoms with E-state index in [2.05, 4.69) is 49.2 Å². The lowest BCUT2D eigenvalue weighted by Crippen LogP contribution is -1.97. The maximum absolute atomic E-state index is 4.42. The van der Waals surface area contributed by atoms with Gasteiger partial charge in [0.15, 0.2) is 0 Å². The number of hydrogen-bond acceptors (Lipinski definition) is 1. The van der Waals surface area contributed by atoms with Crippen molar-refractivity contribution in [2.24, 2.45) is 5.92 Å². The van der Waals surface area contributed by atoms with Crippen molar-refractivity contribution in [1.29, 1.82) is 0 Å². The Hall–Kier alpha value is -1.63. The summed E-state index contributed by atoms with van der Waals surface area (Å²) in [6.45, 7) is 4.49. The van der Waals surface area contributed by atoms with E-state index in [1.54, 1.807) is 0 Å². The third-order valence-corrected chi connectivity index (χ3v) is 2.59. The summed E-state index contributed by atoms with van der Waals surface area (Å²) in [6, 6.07) is 14.6. The van der Waals surface area contributed by atoms with Gasteiger partial charge in [-0.25, -0.2) is 0 Å². The van der Waals surface area contributed by atoms with E-state index in [1.165, 1.54) is 11.1 Å². The maximum Gasteiger partial charge on any atom is 0.0704 e. The van der Waals surface area contributed by atoms with Crippen molar-refractivity contribution in [3.05, 3.63) is 54.2 Å². The minimum atomic E-state index is 0.671. The molecule has 0 saturated heterocycles. The number of pyridine rings is 1. The summed E-state index contributed by atoms with van der Waals surface area (Å²) < 4.78 is 0. The van der Waals surface area contributed by atoms with Gasteiger partial charge in [-0.2, -0.15) is 0 Å². The average molecular weight is 211 g/mol. The minimum Gasteiger partial charge on any atom is -0.256 e. The fourth-order valence-corrected chi connectivity index (χ4v) is 1.91. The molecule has 1 aromatic carbocycles. The summed E-state index contributed by atoms with van der Waals surface area (Å²) in [5.74, 6) is 0.671. The SMILES string of the molecule is CC(C)Cc1ccccc1-c1ccccn1. The van der Waals surface area contributed by atoms with E-state index in [-0.39, 0.29) is 0 Å². The van der Waals surface area contributed by atoms with Crippen molar-refractivity contribution >= 4 is 0 Å². The Morgan fingerprint density at radius 3 is 2.44 bits per heavy atom. The van der Waals surface area contributed by atoms with Crippen molar-refractivity contribution in [3.8, 4) is 11.3 Å². The summed E-state index contributed by atoms with van der Waals surface area (Å²) in [6.07, 6.45) is 2.95. The van der Waals surface area contributed by atoms with Crippen LogP contribution in [-0.4, -0.2) is 4.98 Å². The summed E-state index contributed by atoms with van der Waals surface area (Å²) >= 11 is 0. The third-order valence-electron chi connectivity index (χ3n) is 2.59. The second-order valence-electron chi connectivity index (χ2n) is 4.47. The van der Waals surface area contributed by atoms with E-state index < -0.39 is 0 Å². The molecule has 2 rings (SSSR count). The molecule has 0 aliphatic rings. The fraction of sp³-hybridized carbons (Fsp3) is 0.267. The molecule has 0 bridgehead atoms. The first-order chi connectivity index (χ1) is 7.77. The zero-order valence-corrected chi connectivity index (χ0v) is 9.85. The van der Waals surface area contributed by atoms with Gasteiger partial charge in [-0.15, -0.1) is 0 Å². The number of nitrogens with zero attached hydrogens (tertiary/aromatic N) is 1. The molecule has 2 aromatic rings. The second-order valence-corrected chi connectivity index (χ2v) is 4.47. The molecule has 0 atom stereocenters. The summed E-state index contributed by atoms with van der Waals surface area (Å²) in [5.41, 5.74) is 3.71. The molecule has 0 fully saturated rings. The molecule has 0 aliphatic heterocycles. The van der Waals surface area contributed by atoms with Gasteiger partial charge < -0.3 is 0 Å². The van der Waals surface area contributed by atoms with Gasteiger partial charge in [0, 0.05) is 11.8 Å². The first kappa shape index (κ1) is 10.9. The molecule has 1 heterocycles. The molecule has 1 aromatic heterocycles. The highest BCUT2D eigenvalue weighted by atomic mass is 14.7. The van der Waals surface area contributed by atoms with Gasteiger partial charge in [0.2, 0.25) is 0 Å². The predicted molar refractivity (Wildman–Crippen MR) is 68.2 cm³/mol. The van der Waals surface area contributed by atoms with Crippen molar-refractivity contribution in [2.45, 2.75) is 20.3 Å². The predicted octanol–water partition coefficient (Wildman–Crippen LogP) is 3.95. The molecule has 0 spiro atoms. The van der Waals surface area contributed by atoms with E-state index >= 15 is 0 Å². The van der Waals surface area contributed by atoms with E-state index in [0.717, 1.165) is 12.1 Å².